The summed E-state index contributed by atoms with van der Waals surface area (Å²) in [4.78, 5) is 8.87. The predicted octanol–water partition coefficient (Wildman–Crippen LogP) is 2.34. The molecule has 17 heavy (non-hydrogen) atoms. The summed E-state index contributed by atoms with van der Waals surface area (Å²) in [6.07, 6.45) is 0. The number of aromatic nitrogens is 2. The van der Waals surface area contributed by atoms with Gasteiger partial charge in [-0.2, -0.15) is 0 Å². The van der Waals surface area contributed by atoms with Gasteiger partial charge in [-0.25, -0.2) is 9.97 Å². The van der Waals surface area contributed by atoms with Gasteiger partial charge in [0, 0.05) is 17.7 Å². The fraction of sp³-hybridized carbons (Fsp3) is 0.692. The van der Waals surface area contributed by atoms with Crippen LogP contribution in [0.5, 0.6) is 0 Å². The fourth-order valence-electron chi connectivity index (χ4n) is 1.54. The van der Waals surface area contributed by atoms with E-state index in [0.29, 0.717) is 11.8 Å². The Labute approximate surface area is 103 Å². The number of aryl methyl sites for hydroxylation is 1. The van der Waals surface area contributed by atoms with Crippen LogP contribution in [0.4, 0.5) is 5.82 Å². The second-order valence-electron chi connectivity index (χ2n) is 5.08. The number of nitrogens with one attached hydrogen (secondary N) is 1. The van der Waals surface area contributed by atoms with Crippen molar-refractivity contribution in [1.29, 1.82) is 0 Å². The van der Waals surface area contributed by atoms with Crippen molar-refractivity contribution in [3.8, 4) is 0 Å². The van der Waals surface area contributed by atoms with Crippen LogP contribution in [0.25, 0.3) is 0 Å². The molecule has 4 heteroatoms. The average Bonchev–Trinajstić information content (AvgIpc) is 2.24. The van der Waals surface area contributed by atoms with E-state index in [4.69, 9.17) is 0 Å². The van der Waals surface area contributed by atoms with E-state index in [1.165, 1.54) is 0 Å². The molecule has 1 aromatic heterocycles. The van der Waals surface area contributed by atoms with E-state index in [-0.39, 0.29) is 12.6 Å². The van der Waals surface area contributed by atoms with Crippen molar-refractivity contribution < 1.29 is 5.11 Å². The number of aliphatic hydroxyl groups is 1. The normalized spacial score (nSPS) is 13.2. The molecule has 0 aliphatic carbocycles. The highest BCUT2D eigenvalue weighted by Gasteiger charge is 2.13. The van der Waals surface area contributed by atoms with Gasteiger partial charge in [-0.15, -0.1) is 0 Å². The Bertz CT molecular complexity index is 364. The molecule has 4 nitrogen and oxygen atoms in total. The molecule has 0 bridgehead atoms. The van der Waals surface area contributed by atoms with Crippen LogP contribution in [0.2, 0.25) is 0 Å². The van der Waals surface area contributed by atoms with Gasteiger partial charge in [-0.1, -0.05) is 27.7 Å². The molecular weight excluding hydrogens is 214 g/mol. The minimum absolute atomic E-state index is 0.0318. The van der Waals surface area contributed by atoms with E-state index in [0.717, 1.165) is 17.3 Å². The topological polar surface area (TPSA) is 58.0 Å². The third kappa shape index (κ3) is 3.97. The van der Waals surface area contributed by atoms with E-state index in [2.05, 4.69) is 43.0 Å². The molecule has 96 valence electrons. The number of hydrogen-bond acceptors (Lipinski definition) is 4. The molecule has 1 unspecified atom stereocenters. The zero-order chi connectivity index (χ0) is 13.0. The van der Waals surface area contributed by atoms with E-state index < -0.39 is 0 Å². The molecule has 1 aromatic rings. The number of hydrogen-bond donors (Lipinski definition) is 2. The number of nitrogens with zero attached hydrogens (tertiary/aromatic N) is 2. The standard InChI is InChI=1S/C13H23N3O/c1-8(2)11(7-17)15-12-6-10(5)14-13(16-12)9(3)4/h6,8-9,11,17H,7H2,1-5H3,(H,14,15,16). The molecular formula is C13H23N3O. The molecule has 0 aliphatic heterocycles. The molecule has 0 fully saturated rings. The summed E-state index contributed by atoms with van der Waals surface area (Å²) in [6.45, 7) is 10.4. The Morgan fingerprint density at radius 3 is 2.35 bits per heavy atom. The van der Waals surface area contributed by atoms with Gasteiger partial charge in [0.15, 0.2) is 0 Å². The highest BCUT2D eigenvalue weighted by atomic mass is 16.3. The van der Waals surface area contributed by atoms with Crippen LogP contribution >= 0.6 is 0 Å². The Morgan fingerprint density at radius 2 is 1.88 bits per heavy atom. The average molecular weight is 237 g/mol. The molecule has 2 N–H and O–H groups in total. The molecule has 0 aromatic carbocycles. The van der Waals surface area contributed by atoms with Crippen LogP contribution in [-0.4, -0.2) is 27.7 Å². The summed E-state index contributed by atoms with van der Waals surface area (Å²) < 4.78 is 0. The molecule has 0 saturated heterocycles. The Hall–Kier alpha value is -1.16. The van der Waals surface area contributed by atoms with Crippen LogP contribution in [0.15, 0.2) is 6.07 Å². The van der Waals surface area contributed by atoms with Crippen molar-refractivity contribution in [3.63, 3.8) is 0 Å². The largest absolute Gasteiger partial charge is 0.394 e. The molecule has 0 saturated carbocycles. The third-order valence-corrected chi connectivity index (χ3v) is 2.72. The van der Waals surface area contributed by atoms with Crippen molar-refractivity contribution in [2.75, 3.05) is 11.9 Å². The molecule has 0 spiro atoms. The first-order valence-electron chi connectivity index (χ1n) is 6.17. The van der Waals surface area contributed by atoms with Crippen LogP contribution in [0.3, 0.4) is 0 Å². The first kappa shape index (κ1) is 13.9. The van der Waals surface area contributed by atoms with Crippen molar-refractivity contribution in [2.45, 2.75) is 46.6 Å². The number of rotatable bonds is 5. The lowest BCUT2D eigenvalue weighted by Crippen LogP contribution is -2.30. The number of anilines is 1. The van der Waals surface area contributed by atoms with E-state index in [1.807, 2.05) is 13.0 Å². The van der Waals surface area contributed by atoms with Crippen molar-refractivity contribution in [3.05, 3.63) is 17.6 Å². The zero-order valence-corrected chi connectivity index (χ0v) is 11.4. The van der Waals surface area contributed by atoms with Gasteiger partial charge in [0.25, 0.3) is 0 Å². The maximum Gasteiger partial charge on any atom is 0.133 e. The van der Waals surface area contributed by atoms with Gasteiger partial charge < -0.3 is 10.4 Å². The summed E-state index contributed by atoms with van der Waals surface area (Å²) in [5, 5.41) is 12.6. The molecule has 1 heterocycles. The van der Waals surface area contributed by atoms with Gasteiger partial charge in [0.2, 0.25) is 0 Å². The first-order valence-corrected chi connectivity index (χ1v) is 6.17. The highest BCUT2D eigenvalue weighted by molar-refractivity contribution is 5.37. The van der Waals surface area contributed by atoms with Crippen LogP contribution in [-0.2, 0) is 0 Å². The van der Waals surface area contributed by atoms with E-state index in [1.54, 1.807) is 0 Å². The van der Waals surface area contributed by atoms with Gasteiger partial charge in [-0.05, 0) is 12.8 Å². The Balaban J connectivity index is 2.90. The van der Waals surface area contributed by atoms with Crippen LogP contribution < -0.4 is 5.32 Å². The lowest BCUT2D eigenvalue weighted by molar-refractivity contribution is 0.249. The molecule has 0 amide bonds. The summed E-state index contributed by atoms with van der Waals surface area (Å²) in [6, 6.07) is 1.95. The lowest BCUT2D eigenvalue weighted by atomic mass is 10.1. The van der Waals surface area contributed by atoms with Crippen molar-refractivity contribution in [2.24, 2.45) is 5.92 Å². The van der Waals surface area contributed by atoms with Gasteiger partial charge in [-0.3, -0.25) is 0 Å². The first-order chi connectivity index (χ1) is 7.93. The second-order valence-corrected chi connectivity index (χ2v) is 5.08. The summed E-state index contributed by atoms with van der Waals surface area (Å²) in [7, 11) is 0. The van der Waals surface area contributed by atoms with Gasteiger partial charge in [0.1, 0.15) is 11.6 Å². The van der Waals surface area contributed by atoms with Gasteiger partial charge in [0.05, 0.1) is 12.6 Å². The minimum Gasteiger partial charge on any atom is -0.394 e. The summed E-state index contributed by atoms with van der Waals surface area (Å²) in [5.74, 6) is 2.31. The third-order valence-electron chi connectivity index (χ3n) is 2.72. The smallest absolute Gasteiger partial charge is 0.133 e. The Morgan fingerprint density at radius 1 is 1.24 bits per heavy atom. The van der Waals surface area contributed by atoms with Crippen LogP contribution in [0, 0.1) is 12.8 Å². The molecule has 1 rings (SSSR count). The van der Waals surface area contributed by atoms with Crippen LogP contribution in [0.1, 0.15) is 45.1 Å². The molecule has 0 aliphatic rings. The molecule has 0 radical (unpaired) electrons. The summed E-state index contributed by atoms with van der Waals surface area (Å²) >= 11 is 0. The van der Waals surface area contributed by atoms with Crippen molar-refractivity contribution in [1.82, 2.24) is 9.97 Å². The highest BCUT2D eigenvalue weighted by Crippen LogP contribution is 2.15. The SMILES string of the molecule is Cc1cc(NC(CO)C(C)C)nc(C(C)C)n1. The summed E-state index contributed by atoms with van der Waals surface area (Å²) in [5.41, 5.74) is 0.951. The van der Waals surface area contributed by atoms with E-state index in [9.17, 15) is 5.11 Å². The quantitative estimate of drug-likeness (QED) is 0.825. The van der Waals surface area contributed by atoms with Gasteiger partial charge >= 0.3 is 0 Å². The number of aliphatic hydroxyl groups excluding tert-OH is 1. The Kier molecular flexibility index (Phi) is 4.87. The predicted molar refractivity (Wildman–Crippen MR) is 70.2 cm³/mol. The maximum atomic E-state index is 9.30. The zero-order valence-electron chi connectivity index (χ0n) is 11.4. The molecule has 1 atom stereocenters. The second kappa shape index (κ2) is 5.96. The maximum absolute atomic E-state index is 9.30. The van der Waals surface area contributed by atoms with Crippen molar-refractivity contribution >= 4 is 5.82 Å². The minimum atomic E-state index is 0.0318. The van der Waals surface area contributed by atoms with E-state index >= 15 is 0 Å². The lowest BCUT2D eigenvalue weighted by Gasteiger charge is -2.21. The fourth-order valence-corrected chi connectivity index (χ4v) is 1.54. The monoisotopic (exact) mass is 237 g/mol.